The Morgan fingerprint density at radius 1 is 0.971 bits per heavy atom. The average molecular weight is 481 g/mol. The minimum absolute atomic E-state index is 0.0509. The molecular weight excluding hydrogens is 452 g/mol. The first kappa shape index (κ1) is 23.6. The molecule has 178 valence electrons. The summed E-state index contributed by atoms with van der Waals surface area (Å²) in [6, 6.07) is 20.7. The van der Waals surface area contributed by atoms with Gasteiger partial charge in [0.1, 0.15) is 18.0 Å². The van der Waals surface area contributed by atoms with Crippen molar-refractivity contribution >= 4 is 21.6 Å². The molecular formula is C26H28N2O5S. The zero-order chi connectivity index (χ0) is 24.1. The molecule has 4 rings (SSSR count). The van der Waals surface area contributed by atoms with Gasteiger partial charge in [0.25, 0.3) is 10.0 Å². The van der Waals surface area contributed by atoms with Crippen molar-refractivity contribution in [3.63, 3.8) is 0 Å². The Hall–Kier alpha value is -3.52. The number of benzene rings is 3. The fraction of sp³-hybridized carbons (Fsp3) is 0.269. The first-order valence-electron chi connectivity index (χ1n) is 11.1. The Labute approximate surface area is 200 Å². The molecule has 0 aliphatic heterocycles. The third-order valence-corrected chi connectivity index (χ3v) is 7.77. The van der Waals surface area contributed by atoms with E-state index in [1.54, 1.807) is 36.4 Å². The van der Waals surface area contributed by atoms with Crippen LogP contribution in [0.2, 0.25) is 0 Å². The van der Waals surface area contributed by atoms with Gasteiger partial charge < -0.3 is 14.8 Å². The van der Waals surface area contributed by atoms with Gasteiger partial charge in [0.15, 0.2) is 0 Å². The predicted molar refractivity (Wildman–Crippen MR) is 131 cm³/mol. The fourth-order valence-corrected chi connectivity index (χ4v) is 5.72. The molecule has 0 unspecified atom stereocenters. The van der Waals surface area contributed by atoms with Crippen LogP contribution in [0.3, 0.4) is 0 Å². The summed E-state index contributed by atoms with van der Waals surface area (Å²) in [7, 11) is -1.09. The maximum absolute atomic E-state index is 13.7. The van der Waals surface area contributed by atoms with Crippen molar-refractivity contribution in [1.82, 2.24) is 5.32 Å². The fourth-order valence-electron chi connectivity index (χ4n) is 4.28. The quantitative estimate of drug-likeness (QED) is 0.525. The predicted octanol–water partition coefficient (Wildman–Crippen LogP) is 4.09. The van der Waals surface area contributed by atoms with Crippen LogP contribution in [0.25, 0.3) is 0 Å². The SMILES string of the molecule is COc1ccc(S(=O)(=O)N(CC(=O)N[C@@H]2CCCc3ccccc32)c2ccccc2OC)cc1. The topological polar surface area (TPSA) is 84.9 Å². The summed E-state index contributed by atoms with van der Waals surface area (Å²) in [6.07, 6.45) is 2.74. The number of nitrogens with one attached hydrogen (secondary N) is 1. The molecule has 0 radical (unpaired) electrons. The maximum Gasteiger partial charge on any atom is 0.264 e. The van der Waals surface area contributed by atoms with Crippen LogP contribution in [0.15, 0.2) is 77.7 Å². The van der Waals surface area contributed by atoms with Crippen LogP contribution in [0.5, 0.6) is 11.5 Å². The Morgan fingerprint density at radius 3 is 2.41 bits per heavy atom. The molecule has 7 nitrogen and oxygen atoms in total. The van der Waals surface area contributed by atoms with E-state index >= 15 is 0 Å². The highest BCUT2D eigenvalue weighted by molar-refractivity contribution is 7.92. The van der Waals surface area contributed by atoms with E-state index in [0.29, 0.717) is 17.2 Å². The van der Waals surface area contributed by atoms with Crippen LogP contribution >= 0.6 is 0 Å². The molecule has 8 heteroatoms. The van der Waals surface area contributed by atoms with Gasteiger partial charge in [-0.05, 0) is 66.8 Å². The number of hydrogen-bond acceptors (Lipinski definition) is 5. The molecule has 34 heavy (non-hydrogen) atoms. The molecule has 0 saturated carbocycles. The van der Waals surface area contributed by atoms with E-state index in [1.165, 1.54) is 31.9 Å². The highest BCUT2D eigenvalue weighted by atomic mass is 32.2. The molecule has 3 aromatic carbocycles. The zero-order valence-electron chi connectivity index (χ0n) is 19.2. The lowest BCUT2D eigenvalue weighted by atomic mass is 9.88. The third-order valence-electron chi connectivity index (χ3n) is 5.99. The Kier molecular flexibility index (Phi) is 7.07. The normalized spacial score (nSPS) is 15.2. The van der Waals surface area contributed by atoms with E-state index in [1.807, 2.05) is 18.2 Å². The van der Waals surface area contributed by atoms with Gasteiger partial charge in [-0.3, -0.25) is 9.10 Å². The van der Waals surface area contributed by atoms with Crippen molar-refractivity contribution in [1.29, 1.82) is 0 Å². The van der Waals surface area contributed by atoms with Crippen molar-refractivity contribution in [2.45, 2.75) is 30.2 Å². The summed E-state index contributed by atoms with van der Waals surface area (Å²) in [5.41, 5.74) is 2.59. The minimum Gasteiger partial charge on any atom is -0.497 e. The molecule has 0 spiro atoms. The van der Waals surface area contributed by atoms with Crippen LogP contribution in [-0.2, 0) is 21.2 Å². The number of anilines is 1. The number of para-hydroxylation sites is 2. The summed E-state index contributed by atoms with van der Waals surface area (Å²) in [5, 5.41) is 3.05. The molecule has 0 aromatic heterocycles. The molecule has 1 atom stereocenters. The van der Waals surface area contributed by atoms with Crippen molar-refractivity contribution in [3.05, 3.63) is 83.9 Å². The third kappa shape index (κ3) is 4.87. The van der Waals surface area contributed by atoms with Gasteiger partial charge in [-0.25, -0.2) is 8.42 Å². The van der Waals surface area contributed by atoms with Gasteiger partial charge in [0, 0.05) is 0 Å². The van der Waals surface area contributed by atoms with E-state index in [2.05, 4.69) is 11.4 Å². The number of methoxy groups -OCH3 is 2. The van der Waals surface area contributed by atoms with E-state index in [-0.39, 0.29) is 23.4 Å². The summed E-state index contributed by atoms with van der Waals surface area (Å²) in [5.74, 6) is 0.511. The summed E-state index contributed by atoms with van der Waals surface area (Å²) >= 11 is 0. The molecule has 1 N–H and O–H groups in total. The van der Waals surface area contributed by atoms with Crippen LogP contribution in [0.1, 0.15) is 30.0 Å². The highest BCUT2D eigenvalue weighted by Gasteiger charge is 2.30. The molecule has 0 heterocycles. The molecule has 1 aliphatic carbocycles. The molecule has 3 aromatic rings. The number of carbonyl (C=O) groups is 1. The Balaban J connectivity index is 1.66. The van der Waals surface area contributed by atoms with Gasteiger partial charge in [0.05, 0.1) is 30.8 Å². The van der Waals surface area contributed by atoms with Crippen LogP contribution in [-0.4, -0.2) is 35.1 Å². The van der Waals surface area contributed by atoms with Crippen molar-refractivity contribution in [3.8, 4) is 11.5 Å². The molecule has 1 amide bonds. The Morgan fingerprint density at radius 2 is 1.68 bits per heavy atom. The number of nitrogens with zero attached hydrogens (tertiary/aromatic N) is 1. The first-order valence-corrected chi connectivity index (χ1v) is 12.5. The van der Waals surface area contributed by atoms with Crippen LogP contribution in [0, 0.1) is 0 Å². The lowest BCUT2D eigenvalue weighted by molar-refractivity contribution is -0.120. The molecule has 0 fully saturated rings. The van der Waals surface area contributed by atoms with E-state index in [0.717, 1.165) is 29.1 Å². The van der Waals surface area contributed by atoms with Gasteiger partial charge in [-0.15, -0.1) is 0 Å². The number of fused-ring (bicyclic) bond motifs is 1. The van der Waals surface area contributed by atoms with Gasteiger partial charge in [-0.2, -0.15) is 0 Å². The first-order chi connectivity index (χ1) is 16.4. The Bertz CT molecular complexity index is 1260. The average Bonchev–Trinajstić information content (AvgIpc) is 2.87. The number of ether oxygens (including phenoxy) is 2. The summed E-state index contributed by atoms with van der Waals surface area (Å²) < 4.78 is 39.0. The second kappa shape index (κ2) is 10.2. The van der Waals surface area contributed by atoms with E-state index < -0.39 is 10.0 Å². The number of aryl methyl sites for hydroxylation is 1. The number of amides is 1. The highest BCUT2D eigenvalue weighted by Crippen LogP contribution is 2.33. The second-order valence-electron chi connectivity index (χ2n) is 8.07. The smallest absolute Gasteiger partial charge is 0.264 e. The number of hydrogen-bond donors (Lipinski definition) is 1. The number of rotatable bonds is 8. The molecule has 1 aliphatic rings. The number of carbonyl (C=O) groups excluding carboxylic acids is 1. The minimum atomic E-state index is -4.07. The monoisotopic (exact) mass is 480 g/mol. The van der Waals surface area contributed by atoms with Gasteiger partial charge in [0.2, 0.25) is 5.91 Å². The van der Waals surface area contributed by atoms with E-state index in [4.69, 9.17) is 9.47 Å². The second-order valence-corrected chi connectivity index (χ2v) is 9.93. The van der Waals surface area contributed by atoms with Gasteiger partial charge in [-0.1, -0.05) is 36.4 Å². The summed E-state index contributed by atoms with van der Waals surface area (Å²) in [6.45, 7) is -0.382. The zero-order valence-corrected chi connectivity index (χ0v) is 20.0. The lowest BCUT2D eigenvalue weighted by Gasteiger charge is -2.29. The van der Waals surface area contributed by atoms with Crippen molar-refractivity contribution < 1.29 is 22.7 Å². The lowest BCUT2D eigenvalue weighted by Crippen LogP contribution is -2.42. The van der Waals surface area contributed by atoms with Crippen LogP contribution in [0.4, 0.5) is 5.69 Å². The van der Waals surface area contributed by atoms with Crippen LogP contribution < -0.4 is 19.1 Å². The largest absolute Gasteiger partial charge is 0.497 e. The van der Waals surface area contributed by atoms with Crippen molar-refractivity contribution in [2.24, 2.45) is 0 Å². The number of sulfonamides is 1. The van der Waals surface area contributed by atoms with E-state index in [9.17, 15) is 13.2 Å². The van der Waals surface area contributed by atoms with Gasteiger partial charge >= 0.3 is 0 Å². The molecule has 0 saturated heterocycles. The van der Waals surface area contributed by atoms with Crippen molar-refractivity contribution in [2.75, 3.05) is 25.1 Å². The summed E-state index contributed by atoms with van der Waals surface area (Å²) in [4.78, 5) is 13.3. The standard InChI is InChI=1S/C26H28N2O5S/c1-32-20-14-16-21(17-15-20)34(30,31)28(24-12-5-6-13-25(24)33-2)18-26(29)27-23-11-7-9-19-8-3-4-10-22(19)23/h3-6,8,10,12-17,23H,7,9,11,18H2,1-2H3,(H,27,29)/t23-/m1/s1. The maximum atomic E-state index is 13.7. The molecule has 0 bridgehead atoms.